The zero-order chi connectivity index (χ0) is 14.7. The van der Waals surface area contributed by atoms with E-state index in [0.717, 1.165) is 27.3 Å². The van der Waals surface area contributed by atoms with E-state index in [2.05, 4.69) is 15.0 Å². The summed E-state index contributed by atoms with van der Waals surface area (Å²) in [5.74, 6) is -0.251. The molecule has 0 unspecified atom stereocenters. The molecule has 0 bridgehead atoms. The first-order valence-electron chi connectivity index (χ1n) is 6.57. The number of aromatic nitrogens is 3. The predicted octanol–water partition coefficient (Wildman–Crippen LogP) is 2.86. The fourth-order valence-electron chi connectivity index (χ4n) is 1.98. The van der Waals surface area contributed by atoms with Gasteiger partial charge in [-0.25, -0.2) is 4.98 Å². The molecule has 0 spiro atoms. The predicted molar refractivity (Wildman–Crippen MR) is 81.0 cm³/mol. The molecule has 21 heavy (non-hydrogen) atoms. The summed E-state index contributed by atoms with van der Waals surface area (Å²) in [6.07, 6.45) is 3.54. The van der Waals surface area contributed by atoms with Crippen molar-refractivity contribution in [3.8, 4) is 10.6 Å². The lowest BCUT2D eigenvalue weighted by Gasteiger charge is -2.00. The third-order valence-electron chi connectivity index (χ3n) is 2.90. The minimum Gasteiger partial charge on any atom is -0.466 e. The topological polar surface area (TPSA) is 65.0 Å². The SMILES string of the molecule is CCOC(=O)Cc1csc(-c2ccc3nccnc3c2)n1. The highest BCUT2D eigenvalue weighted by Crippen LogP contribution is 2.26. The minimum absolute atomic E-state index is 0.206. The molecule has 6 heteroatoms. The van der Waals surface area contributed by atoms with Crippen LogP contribution in [0.5, 0.6) is 0 Å². The van der Waals surface area contributed by atoms with Crippen LogP contribution in [-0.4, -0.2) is 27.5 Å². The average molecular weight is 299 g/mol. The van der Waals surface area contributed by atoms with Crippen molar-refractivity contribution < 1.29 is 9.53 Å². The lowest BCUT2D eigenvalue weighted by Crippen LogP contribution is -2.07. The van der Waals surface area contributed by atoms with E-state index in [1.54, 1.807) is 19.3 Å². The molecule has 2 heterocycles. The molecule has 0 saturated heterocycles. The van der Waals surface area contributed by atoms with Crippen LogP contribution in [0.3, 0.4) is 0 Å². The second-order valence-corrected chi connectivity index (χ2v) is 5.24. The smallest absolute Gasteiger partial charge is 0.311 e. The number of esters is 1. The van der Waals surface area contributed by atoms with Gasteiger partial charge in [0.05, 0.1) is 29.8 Å². The molecule has 0 aliphatic heterocycles. The van der Waals surface area contributed by atoms with E-state index in [1.165, 1.54) is 11.3 Å². The van der Waals surface area contributed by atoms with Gasteiger partial charge >= 0.3 is 5.97 Å². The van der Waals surface area contributed by atoms with E-state index < -0.39 is 0 Å². The number of nitrogens with zero attached hydrogens (tertiary/aromatic N) is 3. The molecule has 2 aromatic heterocycles. The standard InChI is InChI=1S/C15H13N3O2S/c1-2-20-14(19)8-11-9-21-15(18-11)10-3-4-12-13(7-10)17-6-5-16-12/h3-7,9H,2,8H2,1H3. The van der Waals surface area contributed by atoms with E-state index in [1.807, 2.05) is 23.6 Å². The van der Waals surface area contributed by atoms with Crippen LogP contribution in [0, 0.1) is 0 Å². The van der Waals surface area contributed by atoms with E-state index in [9.17, 15) is 4.79 Å². The summed E-state index contributed by atoms with van der Waals surface area (Å²) in [6.45, 7) is 2.18. The van der Waals surface area contributed by atoms with Crippen molar-refractivity contribution in [1.82, 2.24) is 15.0 Å². The molecular formula is C15H13N3O2S. The molecule has 5 nitrogen and oxygen atoms in total. The molecule has 0 radical (unpaired) electrons. The third-order valence-corrected chi connectivity index (χ3v) is 3.84. The molecule has 3 rings (SSSR count). The van der Waals surface area contributed by atoms with Gasteiger partial charge in [-0.3, -0.25) is 14.8 Å². The quantitative estimate of drug-likeness (QED) is 0.693. The van der Waals surface area contributed by atoms with Gasteiger partial charge in [-0.05, 0) is 25.1 Å². The second kappa shape index (κ2) is 5.97. The van der Waals surface area contributed by atoms with Gasteiger partial charge in [0.1, 0.15) is 5.01 Å². The Balaban J connectivity index is 1.85. The maximum absolute atomic E-state index is 11.5. The Kier molecular flexibility index (Phi) is 3.87. The van der Waals surface area contributed by atoms with Gasteiger partial charge in [-0.1, -0.05) is 0 Å². The summed E-state index contributed by atoms with van der Waals surface area (Å²) < 4.78 is 4.93. The van der Waals surface area contributed by atoms with E-state index >= 15 is 0 Å². The monoisotopic (exact) mass is 299 g/mol. The number of carbonyl (C=O) groups excluding carboxylic acids is 1. The fraction of sp³-hybridized carbons (Fsp3) is 0.200. The number of fused-ring (bicyclic) bond motifs is 1. The molecule has 0 atom stereocenters. The van der Waals surface area contributed by atoms with Crippen LogP contribution in [-0.2, 0) is 16.0 Å². The molecule has 0 saturated carbocycles. The van der Waals surface area contributed by atoms with Crippen molar-refractivity contribution in [2.75, 3.05) is 6.61 Å². The van der Waals surface area contributed by atoms with Crippen LogP contribution in [0.25, 0.3) is 21.6 Å². The van der Waals surface area contributed by atoms with Crippen LogP contribution < -0.4 is 0 Å². The zero-order valence-electron chi connectivity index (χ0n) is 11.4. The van der Waals surface area contributed by atoms with Crippen molar-refractivity contribution in [2.24, 2.45) is 0 Å². The van der Waals surface area contributed by atoms with Crippen LogP contribution in [0.15, 0.2) is 36.0 Å². The van der Waals surface area contributed by atoms with Gasteiger partial charge in [-0.15, -0.1) is 11.3 Å². The first-order valence-corrected chi connectivity index (χ1v) is 7.45. The Bertz CT molecular complexity index is 785. The molecular weight excluding hydrogens is 286 g/mol. The number of hydrogen-bond donors (Lipinski definition) is 0. The van der Waals surface area contributed by atoms with Crippen molar-refractivity contribution in [3.05, 3.63) is 41.7 Å². The highest BCUT2D eigenvalue weighted by Gasteiger charge is 2.10. The Morgan fingerprint density at radius 2 is 2.05 bits per heavy atom. The summed E-state index contributed by atoms with van der Waals surface area (Å²) in [6, 6.07) is 5.84. The molecule has 0 aliphatic carbocycles. The summed E-state index contributed by atoms with van der Waals surface area (Å²) in [5.41, 5.74) is 3.39. The molecule has 3 aromatic rings. The van der Waals surface area contributed by atoms with Crippen molar-refractivity contribution >= 4 is 28.3 Å². The lowest BCUT2D eigenvalue weighted by molar-refractivity contribution is -0.142. The first kappa shape index (κ1) is 13.6. The van der Waals surface area contributed by atoms with E-state index in [-0.39, 0.29) is 12.4 Å². The van der Waals surface area contributed by atoms with Gasteiger partial charge in [0.25, 0.3) is 0 Å². The average Bonchev–Trinajstić information content (AvgIpc) is 2.95. The van der Waals surface area contributed by atoms with Crippen LogP contribution >= 0.6 is 11.3 Å². The Morgan fingerprint density at radius 1 is 1.24 bits per heavy atom. The number of benzene rings is 1. The van der Waals surface area contributed by atoms with Crippen LogP contribution in [0.1, 0.15) is 12.6 Å². The van der Waals surface area contributed by atoms with Gasteiger partial charge in [0.15, 0.2) is 0 Å². The maximum Gasteiger partial charge on any atom is 0.311 e. The van der Waals surface area contributed by atoms with Gasteiger partial charge in [-0.2, -0.15) is 0 Å². The summed E-state index contributed by atoms with van der Waals surface area (Å²) in [5, 5.41) is 2.74. The molecule has 0 amide bonds. The summed E-state index contributed by atoms with van der Waals surface area (Å²) >= 11 is 1.50. The van der Waals surface area contributed by atoms with E-state index in [4.69, 9.17) is 4.74 Å². The highest BCUT2D eigenvalue weighted by molar-refractivity contribution is 7.13. The summed E-state index contributed by atoms with van der Waals surface area (Å²) in [4.78, 5) is 24.5. The number of ether oxygens (including phenoxy) is 1. The Morgan fingerprint density at radius 3 is 2.86 bits per heavy atom. The van der Waals surface area contributed by atoms with Gasteiger partial charge in [0, 0.05) is 23.3 Å². The molecule has 106 valence electrons. The first-order chi connectivity index (χ1) is 10.3. The normalized spacial score (nSPS) is 10.7. The van der Waals surface area contributed by atoms with Crippen molar-refractivity contribution in [1.29, 1.82) is 0 Å². The van der Waals surface area contributed by atoms with Gasteiger partial charge < -0.3 is 4.74 Å². The maximum atomic E-state index is 11.5. The van der Waals surface area contributed by atoms with Crippen LogP contribution in [0.4, 0.5) is 0 Å². The Hall–Kier alpha value is -2.34. The fourth-order valence-corrected chi connectivity index (χ4v) is 2.79. The van der Waals surface area contributed by atoms with Crippen molar-refractivity contribution in [2.45, 2.75) is 13.3 Å². The molecule has 0 aliphatic rings. The number of carbonyl (C=O) groups is 1. The number of hydrogen-bond acceptors (Lipinski definition) is 6. The van der Waals surface area contributed by atoms with Crippen LogP contribution in [0.2, 0.25) is 0 Å². The Labute approximate surface area is 125 Å². The molecule has 0 N–H and O–H groups in total. The molecule has 0 fully saturated rings. The second-order valence-electron chi connectivity index (χ2n) is 4.39. The zero-order valence-corrected chi connectivity index (χ0v) is 12.3. The molecule has 1 aromatic carbocycles. The van der Waals surface area contributed by atoms with E-state index in [0.29, 0.717) is 6.61 Å². The van der Waals surface area contributed by atoms with Gasteiger partial charge in [0.2, 0.25) is 0 Å². The summed E-state index contributed by atoms with van der Waals surface area (Å²) in [7, 11) is 0. The lowest BCUT2D eigenvalue weighted by atomic mass is 10.2. The number of rotatable bonds is 4. The highest BCUT2D eigenvalue weighted by atomic mass is 32.1. The van der Waals surface area contributed by atoms with Crippen molar-refractivity contribution in [3.63, 3.8) is 0 Å². The number of thiazole rings is 1. The largest absolute Gasteiger partial charge is 0.466 e. The minimum atomic E-state index is -0.251. The third kappa shape index (κ3) is 3.05.